The summed E-state index contributed by atoms with van der Waals surface area (Å²) in [7, 11) is 0. The number of nitrogens with two attached hydrogens (primary N) is 2. The molecule has 0 bridgehead atoms. The summed E-state index contributed by atoms with van der Waals surface area (Å²) in [6.45, 7) is 9.37. The van der Waals surface area contributed by atoms with Crippen molar-refractivity contribution in [3.63, 3.8) is 0 Å². The van der Waals surface area contributed by atoms with E-state index in [4.69, 9.17) is 11.5 Å². The van der Waals surface area contributed by atoms with Crippen molar-refractivity contribution in [2.45, 2.75) is 44.9 Å². The summed E-state index contributed by atoms with van der Waals surface area (Å²) in [5.41, 5.74) is 12.4. The number of likely N-dealkylation sites (tertiary alicyclic amines) is 1. The van der Waals surface area contributed by atoms with E-state index < -0.39 is 11.2 Å². The van der Waals surface area contributed by atoms with E-state index in [1.807, 2.05) is 31.2 Å². The number of carbonyl (C=O) groups excluding carboxylic acids is 2. The molecule has 0 radical (unpaired) electrons. The molecule has 37 heavy (non-hydrogen) atoms. The predicted molar refractivity (Wildman–Crippen MR) is 140 cm³/mol. The molecule has 3 unspecified atom stereocenters. The number of anilines is 1. The number of aromatic nitrogens is 2. The maximum absolute atomic E-state index is 12.9. The van der Waals surface area contributed by atoms with Gasteiger partial charge in [0.05, 0.1) is 11.2 Å². The van der Waals surface area contributed by atoms with Crippen molar-refractivity contribution in [1.82, 2.24) is 24.3 Å². The van der Waals surface area contributed by atoms with Crippen LogP contribution in [0.3, 0.4) is 0 Å². The Hall–Kier alpha value is -3.28. The fraction of sp³-hybridized carbons (Fsp3) is 0.538. The highest BCUT2D eigenvalue weighted by atomic mass is 16.2. The highest BCUT2D eigenvalue weighted by molar-refractivity contribution is 5.89. The van der Waals surface area contributed by atoms with Crippen LogP contribution in [0.4, 0.5) is 10.6 Å². The Bertz CT molecular complexity index is 1230. The molecule has 5 N–H and O–H groups in total. The molecule has 2 aromatic rings. The molecule has 198 valence electrons. The zero-order chi connectivity index (χ0) is 26.5. The molecule has 3 fully saturated rings. The lowest BCUT2D eigenvalue weighted by Crippen LogP contribution is -2.61. The molecule has 11 nitrogen and oxygen atoms in total. The Morgan fingerprint density at radius 1 is 1.08 bits per heavy atom. The van der Waals surface area contributed by atoms with Crippen molar-refractivity contribution in [3.05, 3.63) is 52.6 Å². The van der Waals surface area contributed by atoms with Gasteiger partial charge in [-0.25, -0.2) is 9.59 Å². The normalized spacial score (nSPS) is 25.6. The smallest absolute Gasteiger partial charge is 0.337 e. The van der Waals surface area contributed by atoms with E-state index in [9.17, 15) is 14.4 Å². The molecular weight excluding hydrogens is 472 g/mol. The van der Waals surface area contributed by atoms with Crippen molar-refractivity contribution in [2.75, 3.05) is 38.0 Å². The van der Waals surface area contributed by atoms with Crippen LogP contribution in [0.1, 0.15) is 26.3 Å². The molecule has 3 heterocycles. The highest BCUT2D eigenvalue weighted by Gasteiger charge is 2.53. The zero-order valence-electron chi connectivity index (χ0n) is 21.6. The molecule has 1 saturated carbocycles. The monoisotopic (exact) mass is 508 g/mol. The molecule has 3 amide bonds. The van der Waals surface area contributed by atoms with Gasteiger partial charge in [-0.1, -0.05) is 12.1 Å². The van der Waals surface area contributed by atoms with Gasteiger partial charge in [0.2, 0.25) is 5.91 Å². The number of rotatable bonds is 5. The lowest BCUT2D eigenvalue weighted by atomic mass is 10.0. The van der Waals surface area contributed by atoms with Crippen LogP contribution >= 0.6 is 0 Å². The number of piperidine rings is 1. The van der Waals surface area contributed by atoms with Crippen LogP contribution in [0.25, 0.3) is 5.69 Å². The first-order valence-corrected chi connectivity index (χ1v) is 12.8. The maximum Gasteiger partial charge on any atom is 0.354 e. The van der Waals surface area contributed by atoms with Crippen LogP contribution in [0.5, 0.6) is 0 Å². The molecular formula is C26H36N8O3. The Morgan fingerprint density at radius 3 is 2.35 bits per heavy atom. The highest BCUT2D eigenvalue weighted by Crippen LogP contribution is 2.44. The summed E-state index contributed by atoms with van der Waals surface area (Å²) in [4.78, 5) is 47.9. The maximum atomic E-state index is 12.9. The van der Waals surface area contributed by atoms with Gasteiger partial charge in [-0.05, 0) is 56.4 Å². The van der Waals surface area contributed by atoms with Gasteiger partial charge < -0.3 is 21.3 Å². The summed E-state index contributed by atoms with van der Waals surface area (Å²) < 4.78 is 1.45. The van der Waals surface area contributed by atoms with Crippen LogP contribution in [-0.2, 0) is 11.3 Å². The minimum atomic E-state index is -0.957. The second-order valence-corrected chi connectivity index (χ2v) is 11.2. The number of fused-ring (bicyclic) bond motifs is 1. The number of amides is 3. The van der Waals surface area contributed by atoms with Crippen LogP contribution in [0.15, 0.2) is 41.3 Å². The summed E-state index contributed by atoms with van der Waals surface area (Å²) in [6, 6.07) is 9.29. The largest absolute Gasteiger partial charge is 0.354 e. The van der Waals surface area contributed by atoms with E-state index >= 15 is 0 Å². The third kappa shape index (κ3) is 5.25. The van der Waals surface area contributed by atoms with Crippen molar-refractivity contribution < 1.29 is 9.59 Å². The Balaban J connectivity index is 1.17. The van der Waals surface area contributed by atoms with Crippen LogP contribution in [-0.4, -0.2) is 86.5 Å². The van der Waals surface area contributed by atoms with Gasteiger partial charge in [0, 0.05) is 57.5 Å². The van der Waals surface area contributed by atoms with Crippen LogP contribution in [0, 0.1) is 11.8 Å². The van der Waals surface area contributed by atoms with E-state index in [1.54, 1.807) is 35.9 Å². The van der Waals surface area contributed by atoms with Crippen molar-refractivity contribution >= 4 is 17.8 Å². The number of piperazine rings is 1. The summed E-state index contributed by atoms with van der Waals surface area (Å²) in [5, 5.41) is 2.72. The van der Waals surface area contributed by atoms with E-state index in [1.165, 1.54) is 10.1 Å². The number of nitrogens with zero attached hydrogens (tertiary/aromatic N) is 5. The first kappa shape index (κ1) is 25.4. The second-order valence-electron chi connectivity index (χ2n) is 11.2. The van der Waals surface area contributed by atoms with Crippen LogP contribution in [0.2, 0.25) is 0 Å². The minimum Gasteiger partial charge on any atom is -0.337 e. The quantitative estimate of drug-likeness (QED) is 0.531. The molecule has 4 atom stereocenters. The fourth-order valence-corrected chi connectivity index (χ4v) is 5.51. The molecule has 0 spiro atoms. The average molecular weight is 509 g/mol. The number of hydrogen-bond acceptors (Lipinski definition) is 7. The van der Waals surface area contributed by atoms with E-state index in [0.717, 1.165) is 19.6 Å². The van der Waals surface area contributed by atoms with E-state index in [-0.39, 0.29) is 23.8 Å². The van der Waals surface area contributed by atoms with Gasteiger partial charge in [-0.15, -0.1) is 0 Å². The van der Waals surface area contributed by atoms with Gasteiger partial charge in [0.25, 0.3) is 0 Å². The lowest BCUT2D eigenvalue weighted by Gasteiger charge is -2.41. The Morgan fingerprint density at radius 2 is 1.76 bits per heavy atom. The summed E-state index contributed by atoms with van der Waals surface area (Å²) in [5.74, 6) is 1.35. The molecule has 1 aromatic carbocycles. The molecule has 1 aromatic heterocycles. The third-order valence-electron chi connectivity index (χ3n) is 7.72. The van der Waals surface area contributed by atoms with Gasteiger partial charge in [0.1, 0.15) is 5.82 Å². The fourth-order valence-electron chi connectivity index (χ4n) is 5.51. The summed E-state index contributed by atoms with van der Waals surface area (Å²) in [6.07, 6.45) is 1.61. The third-order valence-corrected chi connectivity index (χ3v) is 7.72. The van der Waals surface area contributed by atoms with Crippen molar-refractivity contribution in [3.8, 4) is 5.69 Å². The number of carbonyl (C=O) groups is 2. The number of urea groups is 1. The van der Waals surface area contributed by atoms with Gasteiger partial charge in [-0.2, -0.15) is 4.98 Å². The standard InChI is InChI=1S/C26H36N8O3/c1-16-12-32(23(35)26(2,3)28)10-11-33(16)24(36)29-21-8-9-34(25(37)30-21)18-6-4-17(5-7-18)13-31-14-19-20(15-31)22(19)27/h4-9,16,19-20,22H,10-15,27-28H2,1-3H3,(H,29,30,36,37)/t16?,19-,20?,22?/m1/s1. The Kier molecular flexibility index (Phi) is 6.55. The SMILES string of the molecule is CC1CN(C(=O)C(C)(C)N)CCN1C(=O)Nc1ccn(-c2ccc(CN3CC4C(N)[C@@H]4C3)cc2)c(=O)n1. The van der Waals surface area contributed by atoms with E-state index in [2.05, 4.69) is 15.2 Å². The first-order valence-electron chi connectivity index (χ1n) is 12.8. The first-order chi connectivity index (χ1) is 17.5. The molecule has 2 saturated heterocycles. The van der Waals surface area contributed by atoms with Crippen molar-refractivity contribution in [1.29, 1.82) is 0 Å². The zero-order valence-corrected chi connectivity index (χ0v) is 21.6. The summed E-state index contributed by atoms with van der Waals surface area (Å²) >= 11 is 0. The average Bonchev–Trinajstić information content (AvgIpc) is 3.23. The molecule has 1 aliphatic carbocycles. The molecule has 2 aliphatic heterocycles. The predicted octanol–water partition coefficient (Wildman–Crippen LogP) is 0.423. The van der Waals surface area contributed by atoms with E-state index in [0.29, 0.717) is 43.2 Å². The lowest BCUT2D eigenvalue weighted by molar-refractivity contribution is -0.138. The molecule has 5 rings (SSSR count). The van der Waals surface area contributed by atoms with Gasteiger partial charge >= 0.3 is 11.7 Å². The molecule has 11 heteroatoms. The van der Waals surface area contributed by atoms with Crippen LogP contribution < -0.4 is 22.5 Å². The minimum absolute atomic E-state index is 0.144. The Labute approximate surface area is 216 Å². The number of hydrogen-bond donors (Lipinski definition) is 3. The number of benzene rings is 1. The number of nitrogens with one attached hydrogen (secondary N) is 1. The van der Waals surface area contributed by atoms with Gasteiger partial charge in [0.15, 0.2) is 0 Å². The van der Waals surface area contributed by atoms with Gasteiger partial charge in [-0.3, -0.25) is 19.6 Å². The second kappa shape index (κ2) is 9.55. The van der Waals surface area contributed by atoms with Crippen molar-refractivity contribution in [2.24, 2.45) is 23.3 Å². The topological polar surface area (TPSA) is 143 Å². The molecule has 3 aliphatic rings.